The van der Waals surface area contributed by atoms with Crippen molar-refractivity contribution in [1.29, 1.82) is 5.26 Å². The van der Waals surface area contributed by atoms with E-state index in [1.807, 2.05) is 24.3 Å². The molecule has 3 aromatic rings. The maximum Gasteiger partial charge on any atom is 0.248 e. The number of nitrogens with zero attached hydrogens (tertiary/aromatic N) is 4. The Kier molecular flexibility index (Phi) is 7.45. The first kappa shape index (κ1) is 28.9. The van der Waals surface area contributed by atoms with Gasteiger partial charge in [-0.2, -0.15) is 15.9 Å². The molecule has 2 saturated carbocycles. The zero-order valence-electron chi connectivity index (χ0n) is 22.6. The van der Waals surface area contributed by atoms with Crippen LogP contribution in [0.1, 0.15) is 43.7 Å². The number of carbonyl (C=O) groups is 1. The summed E-state index contributed by atoms with van der Waals surface area (Å²) in [6, 6.07) is 12.4. The van der Waals surface area contributed by atoms with Crippen molar-refractivity contribution in [2.75, 3.05) is 29.5 Å². The summed E-state index contributed by atoms with van der Waals surface area (Å²) in [6.07, 6.45) is 1.11. The molecule has 3 N–H and O–H groups in total. The van der Waals surface area contributed by atoms with Gasteiger partial charge < -0.3 is 10.2 Å². The van der Waals surface area contributed by atoms with Crippen molar-refractivity contribution in [1.82, 2.24) is 15.3 Å². The van der Waals surface area contributed by atoms with Crippen molar-refractivity contribution >= 4 is 33.5 Å². The fourth-order valence-electron chi connectivity index (χ4n) is 5.66. The van der Waals surface area contributed by atoms with E-state index in [0.29, 0.717) is 58.7 Å². The Morgan fingerprint density at radius 1 is 1.12 bits per heavy atom. The number of hydrogen-bond donors (Lipinski definition) is 3. The first-order chi connectivity index (χ1) is 20.0. The van der Waals surface area contributed by atoms with Crippen LogP contribution < -0.4 is 10.2 Å². The summed E-state index contributed by atoms with van der Waals surface area (Å²) in [4.78, 5) is 25.0. The van der Waals surface area contributed by atoms with Crippen LogP contribution >= 0.6 is 21.9 Å². The van der Waals surface area contributed by atoms with Gasteiger partial charge in [0.1, 0.15) is 16.4 Å². The van der Waals surface area contributed by atoms with Crippen LogP contribution in [0.5, 0.6) is 0 Å². The second-order valence-electron chi connectivity index (χ2n) is 11.3. The molecule has 0 bridgehead atoms. The maximum absolute atomic E-state index is 14.9. The Hall–Kier alpha value is -3.18. The third-order valence-electron chi connectivity index (χ3n) is 8.31. The van der Waals surface area contributed by atoms with E-state index < -0.39 is 58.5 Å². The van der Waals surface area contributed by atoms with E-state index in [4.69, 9.17) is 4.98 Å². The van der Waals surface area contributed by atoms with E-state index in [0.717, 1.165) is 17.4 Å². The number of anilines is 1. The number of aromatic nitrogens is 2. The number of thiazole rings is 1. The number of halogens is 3. The average Bonchev–Trinajstić information content (AvgIpc) is 3.59. The molecular formula is C29H30F3N5O3S2. The second kappa shape index (κ2) is 10.8. The molecule has 2 aliphatic carbocycles. The highest BCUT2D eigenvalue weighted by atomic mass is 32.3. The molecule has 222 valence electrons. The summed E-state index contributed by atoms with van der Waals surface area (Å²) >= 11 is 1.25. The van der Waals surface area contributed by atoms with Gasteiger partial charge in [-0.3, -0.25) is 18.9 Å². The van der Waals surface area contributed by atoms with E-state index in [-0.39, 0.29) is 6.42 Å². The van der Waals surface area contributed by atoms with Gasteiger partial charge in [-0.15, -0.1) is 11.3 Å². The van der Waals surface area contributed by atoms with Gasteiger partial charge in [0.2, 0.25) is 11.8 Å². The molecule has 0 unspecified atom stereocenters. The van der Waals surface area contributed by atoms with Crippen molar-refractivity contribution in [2.24, 2.45) is 5.92 Å². The summed E-state index contributed by atoms with van der Waals surface area (Å²) in [5, 5.41) is 12.7. The number of alkyl halides is 2. The van der Waals surface area contributed by atoms with Crippen molar-refractivity contribution in [3.8, 4) is 27.2 Å². The quantitative estimate of drug-likeness (QED) is 0.298. The lowest BCUT2D eigenvalue weighted by molar-refractivity contribution is -0.131. The highest BCUT2D eigenvalue weighted by molar-refractivity contribution is 8.24. The van der Waals surface area contributed by atoms with Gasteiger partial charge in [-0.1, -0.05) is 12.1 Å². The first-order valence-electron chi connectivity index (χ1n) is 13.8. The Morgan fingerprint density at radius 3 is 2.45 bits per heavy atom. The number of rotatable bonds is 6. The summed E-state index contributed by atoms with van der Waals surface area (Å²) in [7, 11) is -2.54. The molecule has 42 heavy (non-hydrogen) atoms. The molecule has 6 rings (SSSR count). The summed E-state index contributed by atoms with van der Waals surface area (Å²) in [5.74, 6) is -5.02. The van der Waals surface area contributed by atoms with Crippen LogP contribution in [0.4, 0.5) is 18.9 Å². The van der Waals surface area contributed by atoms with Gasteiger partial charge in [0.25, 0.3) is 0 Å². The predicted octanol–water partition coefficient (Wildman–Crippen LogP) is 6.27. The second-order valence-corrected chi connectivity index (χ2v) is 14.8. The lowest BCUT2D eigenvalue weighted by Crippen LogP contribution is -2.45. The number of nitrogens with one attached hydrogen (secondary N) is 1. The van der Waals surface area contributed by atoms with Crippen molar-refractivity contribution in [3.05, 3.63) is 54.1 Å². The third-order valence-corrected chi connectivity index (χ3v) is 11.1. The predicted molar refractivity (Wildman–Crippen MR) is 156 cm³/mol. The number of benzene rings is 1. The van der Waals surface area contributed by atoms with Crippen LogP contribution in [0, 0.1) is 23.1 Å². The fourth-order valence-corrected chi connectivity index (χ4v) is 8.01. The van der Waals surface area contributed by atoms with Crippen molar-refractivity contribution in [2.45, 2.75) is 49.5 Å². The lowest BCUT2D eigenvalue weighted by atomic mass is 9.74. The Balaban J connectivity index is 1.37. The SMILES string of the molecule is N#CC1(NC(=O)[C@@H]2CCC(F)(F)C[C@H]2c2nc(-c3ccc(F)cn3)sc2-c2ccc(N3CCS(O)(O)CC3)cc2)CC1. The first-order valence-corrected chi connectivity index (χ1v) is 16.5. The van der Waals surface area contributed by atoms with E-state index >= 15 is 0 Å². The molecule has 0 spiro atoms. The zero-order chi connectivity index (χ0) is 29.7. The average molecular weight is 618 g/mol. The van der Waals surface area contributed by atoms with E-state index in [1.165, 1.54) is 23.5 Å². The number of nitriles is 1. The molecular weight excluding hydrogens is 587 g/mol. The molecule has 3 aliphatic rings. The van der Waals surface area contributed by atoms with E-state index in [2.05, 4.69) is 21.3 Å². The van der Waals surface area contributed by atoms with Gasteiger partial charge in [0.05, 0.1) is 40.0 Å². The molecule has 1 amide bonds. The minimum atomic E-state index is -2.99. The molecule has 3 fully saturated rings. The van der Waals surface area contributed by atoms with E-state index in [9.17, 15) is 32.3 Å². The molecule has 13 heteroatoms. The van der Waals surface area contributed by atoms with Crippen LogP contribution in [0.15, 0.2) is 42.6 Å². The highest BCUT2D eigenvalue weighted by Gasteiger charge is 2.50. The number of pyridine rings is 1. The molecule has 1 aliphatic heterocycles. The fraction of sp³-hybridized carbons (Fsp3) is 0.448. The van der Waals surface area contributed by atoms with Gasteiger partial charge in [0.15, 0.2) is 0 Å². The maximum atomic E-state index is 14.9. The number of hydrogen-bond acceptors (Lipinski definition) is 8. The third kappa shape index (κ3) is 5.99. The highest BCUT2D eigenvalue weighted by Crippen LogP contribution is 2.50. The molecule has 2 atom stereocenters. The minimum Gasteiger partial charge on any atom is -0.368 e. The van der Waals surface area contributed by atoms with Gasteiger partial charge in [-0.25, -0.2) is 18.2 Å². The molecule has 0 radical (unpaired) electrons. The van der Waals surface area contributed by atoms with Crippen LogP contribution in [0.3, 0.4) is 0 Å². The number of carbonyl (C=O) groups excluding carboxylic acids is 1. The minimum absolute atomic E-state index is 0.0425. The molecule has 2 aromatic heterocycles. The molecule has 8 nitrogen and oxygen atoms in total. The zero-order valence-corrected chi connectivity index (χ0v) is 24.2. The van der Waals surface area contributed by atoms with Crippen LogP contribution in [0.25, 0.3) is 21.1 Å². The standard InChI is InChI=1S/C29H30F3N5O3S2/c30-19-3-6-23(34-16-19)27-35-24(22-15-29(31,32)8-7-21(22)26(38)36-28(17-33)9-10-28)25(41-27)18-1-4-20(5-2-18)37-11-13-42(39,40)14-12-37/h1-6,16,21-22,39-40H,7-15H2,(H,36,38)/t21-,22-/m1/s1. The largest absolute Gasteiger partial charge is 0.368 e. The van der Waals surface area contributed by atoms with E-state index in [1.54, 1.807) is 0 Å². The van der Waals surface area contributed by atoms with Gasteiger partial charge in [-0.05, 0) is 49.1 Å². The van der Waals surface area contributed by atoms with Crippen LogP contribution in [-0.2, 0) is 4.79 Å². The Morgan fingerprint density at radius 2 is 1.83 bits per heavy atom. The van der Waals surface area contributed by atoms with Crippen molar-refractivity contribution < 1.29 is 27.1 Å². The molecule has 3 heterocycles. The summed E-state index contributed by atoms with van der Waals surface area (Å²) in [6.45, 7) is 1.01. The molecule has 1 aromatic carbocycles. The van der Waals surface area contributed by atoms with Gasteiger partial charge >= 0.3 is 0 Å². The Bertz CT molecular complexity index is 1510. The van der Waals surface area contributed by atoms with Crippen LogP contribution in [0.2, 0.25) is 0 Å². The Labute approximate surface area is 247 Å². The number of amides is 1. The smallest absolute Gasteiger partial charge is 0.248 e. The molecule has 1 saturated heterocycles. The van der Waals surface area contributed by atoms with Crippen LogP contribution in [-0.4, -0.2) is 61.0 Å². The van der Waals surface area contributed by atoms with Gasteiger partial charge in [0, 0.05) is 43.5 Å². The monoisotopic (exact) mass is 617 g/mol. The normalized spacial score (nSPS) is 24.8. The van der Waals surface area contributed by atoms with Crippen molar-refractivity contribution in [3.63, 3.8) is 0 Å². The summed E-state index contributed by atoms with van der Waals surface area (Å²) < 4.78 is 63.4. The topological polar surface area (TPSA) is 122 Å². The summed E-state index contributed by atoms with van der Waals surface area (Å²) in [5.41, 5.74) is 1.45. The lowest BCUT2D eigenvalue weighted by Gasteiger charge is -2.41.